The second kappa shape index (κ2) is 8.08. The van der Waals surface area contributed by atoms with E-state index in [1.54, 1.807) is 6.07 Å². The molecule has 0 aliphatic carbocycles. The zero-order chi connectivity index (χ0) is 12.5. The number of pyridine rings is 1. The summed E-state index contributed by atoms with van der Waals surface area (Å²) in [5.41, 5.74) is 0.273. The van der Waals surface area contributed by atoms with Crippen LogP contribution in [0.5, 0.6) is 0 Å². The number of hydrogen-bond donors (Lipinski definition) is 1. The van der Waals surface area contributed by atoms with Crippen molar-refractivity contribution in [1.29, 1.82) is 0 Å². The molecule has 0 aromatic carbocycles. The molecule has 1 heterocycles. The molecule has 0 saturated carbocycles. The van der Waals surface area contributed by atoms with Gasteiger partial charge in [-0.25, -0.2) is 9.78 Å². The van der Waals surface area contributed by atoms with Crippen molar-refractivity contribution in [3.05, 3.63) is 23.9 Å². The molecule has 0 aliphatic heterocycles. The first-order valence-electron chi connectivity index (χ1n) is 5.64. The van der Waals surface area contributed by atoms with Gasteiger partial charge >= 0.3 is 5.97 Å². The Hall–Kier alpha value is -1.07. The lowest BCUT2D eigenvalue weighted by Crippen LogP contribution is -2.00. The van der Waals surface area contributed by atoms with Crippen LogP contribution >= 0.6 is 11.8 Å². The fourth-order valence-electron chi connectivity index (χ4n) is 1.18. The lowest BCUT2D eigenvalue weighted by atomic mass is 10.3. The molecular formula is C12H17NO3S. The Kier molecular flexibility index (Phi) is 6.65. The van der Waals surface area contributed by atoms with Crippen LogP contribution in [-0.2, 0) is 4.74 Å². The summed E-state index contributed by atoms with van der Waals surface area (Å²) in [6, 6.07) is 3.07. The number of thioether (sulfide) groups is 1. The van der Waals surface area contributed by atoms with Gasteiger partial charge < -0.3 is 9.84 Å². The number of ether oxygens (including phenoxy) is 1. The van der Waals surface area contributed by atoms with Gasteiger partial charge in [0.25, 0.3) is 0 Å². The molecule has 17 heavy (non-hydrogen) atoms. The van der Waals surface area contributed by atoms with E-state index in [4.69, 9.17) is 9.84 Å². The summed E-state index contributed by atoms with van der Waals surface area (Å²) in [4.78, 5) is 14.8. The first-order valence-corrected chi connectivity index (χ1v) is 6.62. The van der Waals surface area contributed by atoms with E-state index in [0.717, 1.165) is 30.2 Å². The largest absolute Gasteiger partial charge is 0.478 e. The van der Waals surface area contributed by atoms with Crippen LogP contribution in [0.4, 0.5) is 0 Å². The molecule has 0 unspecified atom stereocenters. The highest BCUT2D eigenvalue weighted by Crippen LogP contribution is 2.16. The van der Waals surface area contributed by atoms with Crippen molar-refractivity contribution in [3.8, 4) is 0 Å². The van der Waals surface area contributed by atoms with E-state index >= 15 is 0 Å². The molecule has 0 amide bonds. The van der Waals surface area contributed by atoms with Gasteiger partial charge in [0.2, 0.25) is 0 Å². The first kappa shape index (κ1) is 14.0. The van der Waals surface area contributed by atoms with Gasteiger partial charge in [0, 0.05) is 18.6 Å². The Balaban J connectivity index is 2.27. The predicted octanol–water partition coefficient (Wildman–Crippen LogP) is 2.69. The van der Waals surface area contributed by atoms with Crippen molar-refractivity contribution >= 4 is 17.7 Å². The minimum absolute atomic E-state index is 0.273. The molecule has 5 heteroatoms. The summed E-state index contributed by atoms with van der Waals surface area (Å²) in [6.45, 7) is 3.59. The van der Waals surface area contributed by atoms with Gasteiger partial charge in [-0.05, 0) is 18.6 Å². The van der Waals surface area contributed by atoms with Crippen LogP contribution in [0.1, 0.15) is 30.1 Å². The van der Waals surface area contributed by atoms with Gasteiger partial charge in [0.1, 0.15) is 0 Å². The molecule has 0 fully saturated rings. The lowest BCUT2D eigenvalue weighted by molar-refractivity contribution is 0.0696. The fourth-order valence-corrected chi connectivity index (χ4v) is 1.93. The fraction of sp³-hybridized carbons (Fsp3) is 0.500. The van der Waals surface area contributed by atoms with Crippen LogP contribution in [0, 0.1) is 0 Å². The number of carboxylic acid groups (broad SMARTS) is 1. The zero-order valence-electron chi connectivity index (χ0n) is 9.89. The van der Waals surface area contributed by atoms with Crippen LogP contribution in [0.15, 0.2) is 23.4 Å². The van der Waals surface area contributed by atoms with E-state index in [1.807, 2.05) is 0 Å². The number of unbranched alkanes of at least 4 members (excludes halogenated alkanes) is 1. The van der Waals surface area contributed by atoms with Crippen molar-refractivity contribution in [2.75, 3.05) is 19.0 Å². The van der Waals surface area contributed by atoms with Crippen molar-refractivity contribution in [1.82, 2.24) is 4.98 Å². The molecule has 4 nitrogen and oxygen atoms in total. The molecule has 94 valence electrons. The van der Waals surface area contributed by atoms with E-state index in [0.29, 0.717) is 6.61 Å². The summed E-state index contributed by atoms with van der Waals surface area (Å²) in [5.74, 6) is -0.131. The van der Waals surface area contributed by atoms with Crippen LogP contribution < -0.4 is 0 Å². The zero-order valence-corrected chi connectivity index (χ0v) is 10.7. The topological polar surface area (TPSA) is 59.4 Å². The third kappa shape index (κ3) is 5.70. The highest BCUT2D eigenvalue weighted by Gasteiger charge is 2.04. The van der Waals surface area contributed by atoms with E-state index in [1.165, 1.54) is 24.0 Å². The van der Waals surface area contributed by atoms with E-state index in [-0.39, 0.29) is 5.56 Å². The van der Waals surface area contributed by atoms with Gasteiger partial charge in [-0.1, -0.05) is 13.3 Å². The summed E-state index contributed by atoms with van der Waals surface area (Å²) in [7, 11) is 0. The van der Waals surface area contributed by atoms with Crippen molar-refractivity contribution in [3.63, 3.8) is 0 Å². The molecular weight excluding hydrogens is 238 g/mol. The summed E-state index contributed by atoms with van der Waals surface area (Å²) >= 11 is 1.51. The number of aromatic carboxylic acids is 1. The molecule has 1 aromatic heterocycles. The van der Waals surface area contributed by atoms with E-state index < -0.39 is 5.97 Å². The van der Waals surface area contributed by atoms with Crippen molar-refractivity contribution < 1.29 is 14.6 Å². The predicted molar refractivity (Wildman–Crippen MR) is 67.6 cm³/mol. The first-order chi connectivity index (χ1) is 8.24. The standard InChI is InChI=1S/C12H17NO3S/c1-2-3-6-16-7-8-17-11-9-10(12(14)15)4-5-13-11/h4-5,9H,2-3,6-8H2,1H3,(H,14,15). The third-order valence-electron chi connectivity index (χ3n) is 2.10. The number of aromatic nitrogens is 1. The minimum atomic E-state index is -0.923. The van der Waals surface area contributed by atoms with Crippen LogP contribution in [0.2, 0.25) is 0 Å². The van der Waals surface area contributed by atoms with Crippen LogP contribution in [-0.4, -0.2) is 35.0 Å². The molecule has 1 N–H and O–H groups in total. The maximum atomic E-state index is 10.7. The van der Waals surface area contributed by atoms with Gasteiger partial charge in [-0.2, -0.15) is 0 Å². The van der Waals surface area contributed by atoms with E-state index in [2.05, 4.69) is 11.9 Å². The van der Waals surface area contributed by atoms with Crippen LogP contribution in [0.3, 0.4) is 0 Å². The summed E-state index contributed by atoms with van der Waals surface area (Å²) < 4.78 is 5.41. The Morgan fingerprint density at radius 1 is 1.53 bits per heavy atom. The van der Waals surface area contributed by atoms with Crippen molar-refractivity contribution in [2.45, 2.75) is 24.8 Å². The maximum Gasteiger partial charge on any atom is 0.335 e. The summed E-state index contributed by atoms with van der Waals surface area (Å²) in [5, 5.41) is 9.54. The SMILES string of the molecule is CCCCOCCSc1cc(C(=O)O)ccn1. The number of hydrogen-bond acceptors (Lipinski definition) is 4. The van der Waals surface area contributed by atoms with Gasteiger partial charge in [0.05, 0.1) is 17.2 Å². The highest BCUT2D eigenvalue weighted by atomic mass is 32.2. The Bertz CT molecular complexity index is 357. The molecule has 0 atom stereocenters. The Labute approximate surface area is 105 Å². The molecule has 0 saturated heterocycles. The highest BCUT2D eigenvalue weighted by molar-refractivity contribution is 7.99. The molecule has 1 rings (SSSR count). The van der Waals surface area contributed by atoms with Gasteiger partial charge in [-0.3, -0.25) is 0 Å². The summed E-state index contributed by atoms with van der Waals surface area (Å²) in [6.07, 6.45) is 3.73. The average molecular weight is 255 g/mol. The third-order valence-corrected chi connectivity index (χ3v) is 2.99. The molecule has 0 radical (unpaired) electrons. The number of carbonyl (C=O) groups is 1. The Morgan fingerprint density at radius 2 is 2.35 bits per heavy atom. The molecule has 0 spiro atoms. The normalized spacial score (nSPS) is 10.4. The maximum absolute atomic E-state index is 10.7. The lowest BCUT2D eigenvalue weighted by Gasteiger charge is -2.03. The van der Waals surface area contributed by atoms with Gasteiger partial charge in [-0.15, -0.1) is 11.8 Å². The number of rotatable bonds is 8. The smallest absolute Gasteiger partial charge is 0.335 e. The second-order valence-electron chi connectivity index (χ2n) is 3.50. The van der Waals surface area contributed by atoms with Gasteiger partial charge in [0.15, 0.2) is 0 Å². The average Bonchev–Trinajstić information content (AvgIpc) is 2.34. The monoisotopic (exact) mass is 255 g/mol. The molecule has 1 aromatic rings. The number of carboxylic acids is 1. The minimum Gasteiger partial charge on any atom is -0.478 e. The number of nitrogens with zero attached hydrogens (tertiary/aromatic N) is 1. The molecule has 0 aliphatic rings. The quantitative estimate of drug-likeness (QED) is 0.571. The Morgan fingerprint density at radius 3 is 3.06 bits per heavy atom. The van der Waals surface area contributed by atoms with Crippen molar-refractivity contribution in [2.24, 2.45) is 0 Å². The molecule has 0 bridgehead atoms. The van der Waals surface area contributed by atoms with Crippen LogP contribution in [0.25, 0.3) is 0 Å². The van der Waals surface area contributed by atoms with E-state index in [9.17, 15) is 4.79 Å². The second-order valence-corrected chi connectivity index (χ2v) is 4.62.